The third-order valence-corrected chi connectivity index (χ3v) is 5.32. The van der Waals surface area contributed by atoms with E-state index in [1.807, 2.05) is 28.8 Å². The minimum atomic E-state index is -0.479. The molecular formula is C20H24N4O4S. The molecule has 0 saturated carbocycles. The standard InChI is InChI=1S/C20H24N4O4S/c25-18(21-13-17-2-1-9-28-17)14-22-20(27)23-16-5-3-15(4-6-16)12-19(26)24-7-10-29-11-8-24/h1-6,9H,7-8,10-14H2,(H,21,25)(H2,22,23,27). The number of hydrogen-bond acceptors (Lipinski definition) is 5. The molecule has 0 spiro atoms. The second-order valence-corrected chi connectivity index (χ2v) is 7.76. The molecule has 0 unspecified atom stereocenters. The van der Waals surface area contributed by atoms with Gasteiger partial charge in [-0.25, -0.2) is 4.79 Å². The van der Waals surface area contributed by atoms with E-state index in [0.29, 0.717) is 17.9 Å². The van der Waals surface area contributed by atoms with E-state index in [1.165, 1.54) is 6.26 Å². The third kappa shape index (κ3) is 6.86. The molecule has 154 valence electrons. The largest absolute Gasteiger partial charge is 0.467 e. The third-order valence-electron chi connectivity index (χ3n) is 4.38. The molecule has 4 amide bonds. The molecule has 0 atom stereocenters. The Hall–Kier alpha value is -2.94. The first-order valence-electron chi connectivity index (χ1n) is 9.38. The topological polar surface area (TPSA) is 104 Å². The van der Waals surface area contributed by atoms with Crippen LogP contribution >= 0.6 is 11.8 Å². The molecule has 0 aliphatic carbocycles. The van der Waals surface area contributed by atoms with Crippen molar-refractivity contribution in [2.24, 2.45) is 0 Å². The number of nitrogens with zero attached hydrogens (tertiary/aromatic N) is 1. The zero-order valence-electron chi connectivity index (χ0n) is 16.0. The smallest absolute Gasteiger partial charge is 0.319 e. The van der Waals surface area contributed by atoms with Gasteiger partial charge < -0.3 is 25.3 Å². The summed E-state index contributed by atoms with van der Waals surface area (Å²) in [5, 5.41) is 7.80. The maximum atomic E-state index is 12.3. The number of urea groups is 1. The first-order valence-corrected chi connectivity index (χ1v) is 10.5. The summed E-state index contributed by atoms with van der Waals surface area (Å²) in [6.45, 7) is 1.73. The molecule has 1 fully saturated rings. The highest BCUT2D eigenvalue weighted by atomic mass is 32.2. The van der Waals surface area contributed by atoms with Crippen molar-refractivity contribution < 1.29 is 18.8 Å². The number of carbonyl (C=O) groups is 3. The van der Waals surface area contributed by atoms with Gasteiger partial charge in [-0.3, -0.25) is 9.59 Å². The van der Waals surface area contributed by atoms with E-state index in [2.05, 4.69) is 16.0 Å². The zero-order valence-corrected chi connectivity index (χ0v) is 16.8. The van der Waals surface area contributed by atoms with Crippen molar-refractivity contribution in [2.75, 3.05) is 36.5 Å². The number of nitrogens with one attached hydrogen (secondary N) is 3. The van der Waals surface area contributed by atoms with Crippen molar-refractivity contribution in [3.8, 4) is 0 Å². The Balaban J connectivity index is 1.37. The number of hydrogen-bond donors (Lipinski definition) is 3. The number of carbonyl (C=O) groups excluding carboxylic acids is 3. The van der Waals surface area contributed by atoms with Crippen molar-refractivity contribution in [1.82, 2.24) is 15.5 Å². The molecule has 3 rings (SSSR count). The van der Waals surface area contributed by atoms with Crippen LogP contribution < -0.4 is 16.0 Å². The first-order chi connectivity index (χ1) is 14.1. The minimum absolute atomic E-state index is 0.129. The van der Waals surface area contributed by atoms with E-state index in [1.54, 1.807) is 24.3 Å². The van der Waals surface area contributed by atoms with Crippen molar-refractivity contribution in [3.05, 3.63) is 54.0 Å². The average Bonchev–Trinajstić information content (AvgIpc) is 3.26. The lowest BCUT2D eigenvalue weighted by Gasteiger charge is -2.26. The highest BCUT2D eigenvalue weighted by Gasteiger charge is 2.16. The van der Waals surface area contributed by atoms with Crippen molar-refractivity contribution in [2.45, 2.75) is 13.0 Å². The maximum Gasteiger partial charge on any atom is 0.319 e. The van der Waals surface area contributed by atoms with Gasteiger partial charge in [0.05, 0.1) is 25.8 Å². The van der Waals surface area contributed by atoms with E-state index >= 15 is 0 Å². The maximum absolute atomic E-state index is 12.3. The molecule has 2 aromatic rings. The van der Waals surface area contributed by atoms with Crippen LogP contribution in [0.15, 0.2) is 47.1 Å². The van der Waals surface area contributed by atoms with E-state index in [0.717, 1.165) is 30.2 Å². The SMILES string of the molecule is O=C(CNC(=O)Nc1ccc(CC(=O)N2CCSCC2)cc1)NCc1ccco1. The molecule has 9 heteroatoms. The Morgan fingerprint density at radius 3 is 2.48 bits per heavy atom. The first kappa shape index (κ1) is 20.8. The lowest BCUT2D eigenvalue weighted by atomic mass is 10.1. The van der Waals surface area contributed by atoms with Gasteiger partial charge in [-0.2, -0.15) is 11.8 Å². The van der Waals surface area contributed by atoms with Gasteiger partial charge in [0.25, 0.3) is 0 Å². The number of furan rings is 1. The lowest BCUT2D eigenvalue weighted by molar-refractivity contribution is -0.130. The van der Waals surface area contributed by atoms with Gasteiger partial charge in [0.1, 0.15) is 5.76 Å². The lowest BCUT2D eigenvalue weighted by Crippen LogP contribution is -2.39. The summed E-state index contributed by atoms with van der Waals surface area (Å²) in [7, 11) is 0. The molecule has 1 aromatic carbocycles. The molecule has 0 bridgehead atoms. The Bertz CT molecular complexity index is 818. The van der Waals surface area contributed by atoms with Crippen LogP contribution in [0.1, 0.15) is 11.3 Å². The molecule has 8 nitrogen and oxygen atoms in total. The molecule has 2 heterocycles. The number of anilines is 1. The fraction of sp³-hybridized carbons (Fsp3) is 0.350. The second kappa shape index (κ2) is 10.6. The van der Waals surface area contributed by atoms with Gasteiger partial charge in [-0.1, -0.05) is 12.1 Å². The quantitative estimate of drug-likeness (QED) is 0.639. The van der Waals surface area contributed by atoms with Crippen molar-refractivity contribution >= 4 is 35.3 Å². The summed E-state index contributed by atoms with van der Waals surface area (Å²) < 4.78 is 5.12. The van der Waals surface area contributed by atoms with Crippen LogP contribution in [-0.4, -0.2) is 53.9 Å². The summed E-state index contributed by atoms with van der Waals surface area (Å²) in [6.07, 6.45) is 1.88. The zero-order chi connectivity index (χ0) is 20.5. The molecule has 1 aromatic heterocycles. The predicted octanol–water partition coefficient (Wildman–Crippen LogP) is 1.84. The highest BCUT2D eigenvalue weighted by molar-refractivity contribution is 7.99. The molecule has 29 heavy (non-hydrogen) atoms. The highest BCUT2D eigenvalue weighted by Crippen LogP contribution is 2.13. The van der Waals surface area contributed by atoms with Gasteiger partial charge in [0.15, 0.2) is 0 Å². The molecule has 1 aliphatic heterocycles. The number of benzene rings is 1. The van der Waals surface area contributed by atoms with E-state index in [9.17, 15) is 14.4 Å². The summed E-state index contributed by atoms with van der Waals surface area (Å²) in [4.78, 5) is 37.9. The van der Waals surface area contributed by atoms with E-state index < -0.39 is 6.03 Å². The number of rotatable bonds is 7. The van der Waals surface area contributed by atoms with Gasteiger partial charge in [0.2, 0.25) is 11.8 Å². The fourth-order valence-electron chi connectivity index (χ4n) is 2.80. The van der Waals surface area contributed by atoms with Gasteiger partial charge in [-0.15, -0.1) is 0 Å². The number of thioether (sulfide) groups is 1. The average molecular weight is 417 g/mol. The van der Waals surface area contributed by atoms with Crippen molar-refractivity contribution in [1.29, 1.82) is 0 Å². The Morgan fingerprint density at radius 1 is 1.03 bits per heavy atom. The molecule has 1 aliphatic rings. The van der Waals surface area contributed by atoms with Gasteiger partial charge >= 0.3 is 6.03 Å². The summed E-state index contributed by atoms with van der Waals surface area (Å²) in [5.74, 6) is 2.43. The van der Waals surface area contributed by atoms with Crippen molar-refractivity contribution in [3.63, 3.8) is 0 Å². The summed E-state index contributed by atoms with van der Waals surface area (Å²) >= 11 is 1.87. The fourth-order valence-corrected chi connectivity index (χ4v) is 3.71. The second-order valence-electron chi connectivity index (χ2n) is 6.53. The van der Waals surface area contributed by atoms with Crippen LogP contribution in [0.25, 0.3) is 0 Å². The summed E-state index contributed by atoms with van der Waals surface area (Å²) in [5.41, 5.74) is 1.49. The van der Waals surface area contributed by atoms with Crippen LogP contribution in [0.4, 0.5) is 10.5 Å². The molecule has 0 radical (unpaired) electrons. The van der Waals surface area contributed by atoms with Gasteiger partial charge in [0, 0.05) is 30.3 Å². The van der Waals surface area contributed by atoms with E-state index in [4.69, 9.17) is 4.42 Å². The minimum Gasteiger partial charge on any atom is -0.467 e. The Morgan fingerprint density at radius 2 is 1.79 bits per heavy atom. The Kier molecular flexibility index (Phi) is 7.57. The van der Waals surface area contributed by atoms with E-state index in [-0.39, 0.29) is 24.9 Å². The van der Waals surface area contributed by atoms with Gasteiger partial charge in [-0.05, 0) is 29.8 Å². The predicted molar refractivity (Wildman–Crippen MR) is 112 cm³/mol. The Labute approximate surface area is 173 Å². The normalized spacial score (nSPS) is 13.6. The van der Waals surface area contributed by atoms with Crippen LogP contribution in [0.3, 0.4) is 0 Å². The number of amides is 4. The van der Waals surface area contributed by atoms with Crippen LogP contribution in [-0.2, 0) is 22.6 Å². The van der Waals surface area contributed by atoms with Crippen LogP contribution in [0, 0.1) is 0 Å². The van der Waals surface area contributed by atoms with Crippen LogP contribution in [0.2, 0.25) is 0 Å². The molecular weight excluding hydrogens is 392 g/mol. The molecule has 1 saturated heterocycles. The van der Waals surface area contributed by atoms with Crippen LogP contribution in [0.5, 0.6) is 0 Å². The molecule has 3 N–H and O–H groups in total. The summed E-state index contributed by atoms with van der Waals surface area (Å²) in [6, 6.07) is 10.1. The monoisotopic (exact) mass is 416 g/mol.